The first-order valence-corrected chi connectivity index (χ1v) is 7.19. The number of hydrogen-bond acceptors (Lipinski definition) is 5. The number of nitrogens with one attached hydrogen (secondary N) is 1. The molecule has 1 N–H and O–H groups in total. The third-order valence-electron chi connectivity index (χ3n) is 3.21. The van der Waals surface area contributed by atoms with Gasteiger partial charge < -0.3 is 9.73 Å². The Morgan fingerprint density at radius 1 is 1.09 bits per heavy atom. The first-order valence-electron chi connectivity index (χ1n) is 7.19. The molecule has 3 rings (SSSR count). The monoisotopic (exact) mass is 311 g/mol. The number of rotatable bonds is 3. The number of amides is 1. The van der Waals surface area contributed by atoms with E-state index < -0.39 is 0 Å². The highest BCUT2D eigenvalue weighted by molar-refractivity contribution is 6.01. The predicted molar refractivity (Wildman–Crippen MR) is 84.8 cm³/mol. The van der Waals surface area contributed by atoms with E-state index >= 15 is 0 Å². The Bertz CT molecular complexity index is 858. The number of anilines is 1. The van der Waals surface area contributed by atoms with Gasteiger partial charge in [-0.15, -0.1) is 0 Å². The van der Waals surface area contributed by atoms with Crippen LogP contribution in [0.15, 0.2) is 28.7 Å². The second kappa shape index (κ2) is 5.68. The molecule has 0 saturated carbocycles. The summed E-state index contributed by atoms with van der Waals surface area (Å²) < 4.78 is 6.93. The molecule has 0 atom stereocenters. The maximum atomic E-state index is 12.3. The number of furan rings is 1. The lowest BCUT2D eigenvalue weighted by Gasteiger charge is -2.08. The Labute approximate surface area is 133 Å². The molecule has 118 valence electrons. The van der Waals surface area contributed by atoms with Gasteiger partial charge in [0.1, 0.15) is 17.4 Å². The van der Waals surface area contributed by atoms with Crippen molar-refractivity contribution >= 4 is 11.7 Å². The SMILES string of the molecule is Cc1cc(-n2nc(C)cc2NC(=O)c2ccc(C)o2)nc(C)n1. The van der Waals surface area contributed by atoms with Crippen molar-refractivity contribution in [2.75, 3.05) is 5.32 Å². The zero-order valence-corrected chi connectivity index (χ0v) is 13.4. The highest BCUT2D eigenvalue weighted by Crippen LogP contribution is 2.18. The molecule has 7 heteroatoms. The minimum Gasteiger partial charge on any atom is -0.456 e. The molecule has 0 fully saturated rings. The fourth-order valence-electron chi connectivity index (χ4n) is 2.30. The molecule has 0 unspecified atom stereocenters. The molecule has 3 heterocycles. The molecular formula is C16H17N5O2. The molecule has 0 bridgehead atoms. The summed E-state index contributed by atoms with van der Waals surface area (Å²) in [6.45, 7) is 7.34. The standard InChI is InChI=1S/C16H17N5O2/c1-9-7-14(18-12(4)17-9)21-15(8-10(2)20-21)19-16(22)13-6-5-11(3)23-13/h5-8H,1-4H3,(H,19,22). The van der Waals surface area contributed by atoms with Crippen LogP contribution in [-0.2, 0) is 0 Å². The second-order valence-electron chi connectivity index (χ2n) is 5.36. The van der Waals surface area contributed by atoms with Gasteiger partial charge in [0.05, 0.1) is 5.69 Å². The normalized spacial score (nSPS) is 10.8. The number of nitrogens with zero attached hydrogens (tertiary/aromatic N) is 4. The lowest BCUT2D eigenvalue weighted by Crippen LogP contribution is -2.15. The van der Waals surface area contributed by atoms with Crippen LogP contribution in [0.25, 0.3) is 5.82 Å². The van der Waals surface area contributed by atoms with Crippen LogP contribution in [0.5, 0.6) is 0 Å². The summed E-state index contributed by atoms with van der Waals surface area (Å²) in [5.74, 6) is 2.38. The van der Waals surface area contributed by atoms with Crippen molar-refractivity contribution < 1.29 is 9.21 Å². The predicted octanol–water partition coefficient (Wildman–Crippen LogP) is 2.74. The molecule has 0 aromatic carbocycles. The Hall–Kier alpha value is -2.96. The molecule has 0 aliphatic carbocycles. The number of aryl methyl sites for hydroxylation is 4. The molecule has 3 aromatic heterocycles. The minimum absolute atomic E-state index is 0.253. The van der Waals surface area contributed by atoms with Gasteiger partial charge >= 0.3 is 0 Å². The largest absolute Gasteiger partial charge is 0.456 e. The molecule has 0 aliphatic heterocycles. The van der Waals surface area contributed by atoms with Gasteiger partial charge in [-0.2, -0.15) is 9.78 Å². The van der Waals surface area contributed by atoms with Crippen LogP contribution in [0, 0.1) is 27.7 Å². The van der Waals surface area contributed by atoms with Crippen LogP contribution < -0.4 is 5.32 Å². The highest BCUT2D eigenvalue weighted by Gasteiger charge is 2.16. The summed E-state index contributed by atoms with van der Waals surface area (Å²) in [4.78, 5) is 20.9. The van der Waals surface area contributed by atoms with Crippen LogP contribution in [-0.4, -0.2) is 25.7 Å². The van der Waals surface area contributed by atoms with E-state index in [0.29, 0.717) is 23.2 Å². The highest BCUT2D eigenvalue weighted by atomic mass is 16.3. The topological polar surface area (TPSA) is 85.8 Å². The van der Waals surface area contributed by atoms with Crippen LogP contribution in [0.4, 0.5) is 5.82 Å². The summed E-state index contributed by atoms with van der Waals surface area (Å²) in [6.07, 6.45) is 0. The van der Waals surface area contributed by atoms with E-state index in [-0.39, 0.29) is 11.7 Å². The Morgan fingerprint density at radius 2 is 1.87 bits per heavy atom. The number of aromatic nitrogens is 4. The summed E-state index contributed by atoms with van der Waals surface area (Å²) in [5, 5.41) is 7.20. The first-order chi connectivity index (χ1) is 10.9. The fourth-order valence-corrected chi connectivity index (χ4v) is 2.30. The summed E-state index contributed by atoms with van der Waals surface area (Å²) >= 11 is 0. The molecule has 7 nitrogen and oxygen atoms in total. The van der Waals surface area contributed by atoms with E-state index in [1.807, 2.05) is 26.8 Å². The van der Waals surface area contributed by atoms with Crippen LogP contribution in [0.3, 0.4) is 0 Å². The van der Waals surface area contributed by atoms with Crippen molar-refractivity contribution in [1.29, 1.82) is 0 Å². The van der Waals surface area contributed by atoms with Crippen molar-refractivity contribution in [2.24, 2.45) is 0 Å². The van der Waals surface area contributed by atoms with E-state index in [2.05, 4.69) is 20.4 Å². The van der Waals surface area contributed by atoms with Gasteiger partial charge in [0, 0.05) is 17.8 Å². The maximum absolute atomic E-state index is 12.3. The number of carbonyl (C=O) groups excluding carboxylic acids is 1. The zero-order valence-electron chi connectivity index (χ0n) is 13.4. The van der Waals surface area contributed by atoms with Crippen molar-refractivity contribution in [2.45, 2.75) is 27.7 Å². The first kappa shape index (κ1) is 15.0. The minimum atomic E-state index is -0.332. The molecule has 3 aromatic rings. The fraction of sp³-hybridized carbons (Fsp3) is 0.250. The Kier molecular flexibility index (Phi) is 3.69. The van der Waals surface area contributed by atoms with Crippen LogP contribution >= 0.6 is 0 Å². The van der Waals surface area contributed by atoms with Gasteiger partial charge in [-0.05, 0) is 39.8 Å². The van der Waals surface area contributed by atoms with E-state index in [0.717, 1.165) is 11.4 Å². The van der Waals surface area contributed by atoms with Gasteiger partial charge in [0.15, 0.2) is 11.6 Å². The molecule has 0 spiro atoms. The molecule has 0 radical (unpaired) electrons. The van der Waals surface area contributed by atoms with Gasteiger partial charge in [0.2, 0.25) is 0 Å². The van der Waals surface area contributed by atoms with Gasteiger partial charge in [-0.25, -0.2) is 9.97 Å². The molecule has 1 amide bonds. The van der Waals surface area contributed by atoms with Crippen molar-refractivity contribution in [3.63, 3.8) is 0 Å². The number of carbonyl (C=O) groups is 1. The summed E-state index contributed by atoms with van der Waals surface area (Å²) in [5.41, 5.74) is 1.60. The molecule has 0 aliphatic rings. The summed E-state index contributed by atoms with van der Waals surface area (Å²) in [7, 11) is 0. The Morgan fingerprint density at radius 3 is 2.52 bits per heavy atom. The third-order valence-corrected chi connectivity index (χ3v) is 3.21. The quantitative estimate of drug-likeness (QED) is 0.803. The van der Waals surface area contributed by atoms with Crippen molar-refractivity contribution in [1.82, 2.24) is 19.7 Å². The molecular weight excluding hydrogens is 294 g/mol. The third kappa shape index (κ3) is 3.13. The molecule has 0 saturated heterocycles. The van der Waals surface area contributed by atoms with Gasteiger partial charge in [0.25, 0.3) is 5.91 Å². The lowest BCUT2D eigenvalue weighted by atomic mass is 10.4. The second-order valence-corrected chi connectivity index (χ2v) is 5.36. The van der Waals surface area contributed by atoms with E-state index in [1.54, 1.807) is 29.8 Å². The van der Waals surface area contributed by atoms with Crippen LogP contribution in [0.1, 0.15) is 33.5 Å². The van der Waals surface area contributed by atoms with Crippen molar-refractivity contribution in [3.8, 4) is 5.82 Å². The average molecular weight is 311 g/mol. The van der Waals surface area contributed by atoms with E-state index in [9.17, 15) is 4.79 Å². The van der Waals surface area contributed by atoms with E-state index in [4.69, 9.17) is 4.42 Å². The van der Waals surface area contributed by atoms with Crippen molar-refractivity contribution in [3.05, 3.63) is 53.0 Å². The van der Waals surface area contributed by atoms with Gasteiger partial charge in [-0.1, -0.05) is 0 Å². The van der Waals surface area contributed by atoms with Gasteiger partial charge in [-0.3, -0.25) is 4.79 Å². The maximum Gasteiger partial charge on any atom is 0.292 e. The van der Waals surface area contributed by atoms with E-state index in [1.165, 1.54) is 0 Å². The zero-order chi connectivity index (χ0) is 16.6. The average Bonchev–Trinajstić information content (AvgIpc) is 3.04. The summed E-state index contributed by atoms with van der Waals surface area (Å²) in [6, 6.07) is 6.97. The van der Waals surface area contributed by atoms with Crippen LogP contribution in [0.2, 0.25) is 0 Å². The lowest BCUT2D eigenvalue weighted by molar-refractivity contribution is 0.0994. The smallest absolute Gasteiger partial charge is 0.292 e. The number of hydrogen-bond donors (Lipinski definition) is 1. The molecule has 23 heavy (non-hydrogen) atoms. The Balaban J connectivity index is 1.96.